The summed E-state index contributed by atoms with van der Waals surface area (Å²) in [5.74, 6) is 0.434. The first-order valence-electron chi connectivity index (χ1n) is 7.13. The Morgan fingerprint density at radius 3 is 2.76 bits per heavy atom. The number of amides is 1. The summed E-state index contributed by atoms with van der Waals surface area (Å²) in [6.07, 6.45) is 5.27. The molecule has 0 saturated heterocycles. The maximum absolute atomic E-state index is 12.1. The molecule has 0 aliphatic carbocycles. The fourth-order valence-corrected chi connectivity index (χ4v) is 1.85. The van der Waals surface area contributed by atoms with Crippen molar-refractivity contribution >= 4 is 17.4 Å². The Labute approximate surface area is 124 Å². The molecule has 1 aromatic carbocycles. The smallest absolute Gasteiger partial charge is 0.275 e. The summed E-state index contributed by atoms with van der Waals surface area (Å²) < 4.78 is 0. The molecule has 2 N–H and O–H groups in total. The molecular formula is C16H20N4O. The van der Waals surface area contributed by atoms with Crippen molar-refractivity contribution in [2.24, 2.45) is 0 Å². The largest absolute Gasteiger partial charge is 0.369 e. The van der Waals surface area contributed by atoms with Crippen molar-refractivity contribution in [3.8, 4) is 0 Å². The molecule has 1 aromatic heterocycles. The lowest BCUT2D eigenvalue weighted by Crippen LogP contribution is -2.14. The van der Waals surface area contributed by atoms with E-state index in [0.29, 0.717) is 11.5 Å². The Morgan fingerprint density at radius 1 is 1.24 bits per heavy atom. The molecule has 0 spiro atoms. The van der Waals surface area contributed by atoms with Crippen molar-refractivity contribution in [3.63, 3.8) is 0 Å². The van der Waals surface area contributed by atoms with Crippen molar-refractivity contribution in [2.45, 2.75) is 26.7 Å². The van der Waals surface area contributed by atoms with Crippen LogP contribution in [0.3, 0.4) is 0 Å². The predicted octanol–water partition coefficient (Wildman–Crippen LogP) is 3.25. The number of nitrogens with one attached hydrogen (secondary N) is 2. The van der Waals surface area contributed by atoms with Gasteiger partial charge in [0.05, 0.1) is 12.4 Å². The molecule has 21 heavy (non-hydrogen) atoms. The summed E-state index contributed by atoms with van der Waals surface area (Å²) >= 11 is 0. The lowest BCUT2D eigenvalue weighted by atomic mass is 10.2. The summed E-state index contributed by atoms with van der Waals surface area (Å²) in [6.45, 7) is 4.97. The summed E-state index contributed by atoms with van der Waals surface area (Å²) in [5, 5.41) is 5.97. The van der Waals surface area contributed by atoms with Gasteiger partial charge in [0, 0.05) is 12.2 Å². The highest BCUT2D eigenvalue weighted by Gasteiger charge is 2.08. The highest BCUT2D eigenvalue weighted by molar-refractivity contribution is 6.02. The maximum Gasteiger partial charge on any atom is 0.275 e. The monoisotopic (exact) mass is 284 g/mol. The zero-order chi connectivity index (χ0) is 15.1. The number of nitrogens with zero attached hydrogens (tertiary/aromatic N) is 2. The summed E-state index contributed by atoms with van der Waals surface area (Å²) in [7, 11) is 0. The van der Waals surface area contributed by atoms with Gasteiger partial charge in [-0.15, -0.1) is 0 Å². The molecule has 5 nitrogen and oxygen atoms in total. The second kappa shape index (κ2) is 7.38. The van der Waals surface area contributed by atoms with Crippen molar-refractivity contribution in [1.82, 2.24) is 9.97 Å². The minimum Gasteiger partial charge on any atom is -0.369 e. The number of unbranched alkanes of at least 4 members (excludes halogenated alkanes) is 1. The quantitative estimate of drug-likeness (QED) is 0.799. The first-order chi connectivity index (χ1) is 10.2. The molecule has 0 aliphatic rings. The minimum absolute atomic E-state index is 0.256. The van der Waals surface area contributed by atoms with E-state index in [-0.39, 0.29) is 5.91 Å². The van der Waals surface area contributed by atoms with Crippen LogP contribution < -0.4 is 10.6 Å². The van der Waals surface area contributed by atoms with Crippen LogP contribution in [0.5, 0.6) is 0 Å². The third-order valence-electron chi connectivity index (χ3n) is 3.00. The fraction of sp³-hybridized carbons (Fsp3) is 0.312. The minimum atomic E-state index is -0.256. The van der Waals surface area contributed by atoms with Crippen LogP contribution in [-0.2, 0) is 0 Å². The van der Waals surface area contributed by atoms with Crippen LogP contribution in [0.4, 0.5) is 11.5 Å². The molecule has 0 saturated carbocycles. The third kappa shape index (κ3) is 4.56. The number of aryl methyl sites for hydroxylation is 1. The van der Waals surface area contributed by atoms with Crippen LogP contribution in [0.2, 0.25) is 0 Å². The van der Waals surface area contributed by atoms with Gasteiger partial charge in [-0.1, -0.05) is 25.5 Å². The van der Waals surface area contributed by atoms with E-state index in [1.165, 1.54) is 6.20 Å². The number of hydrogen-bond donors (Lipinski definition) is 2. The van der Waals surface area contributed by atoms with Crippen LogP contribution in [0, 0.1) is 6.92 Å². The summed E-state index contributed by atoms with van der Waals surface area (Å²) in [5.41, 5.74) is 2.15. The molecule has 0 bridgehead atoms. The second-order valence-corrected chi connectivity index (χ2v) is 4.89. The number of carbonyl (C=O) groups excluding carboxylic acids is 1. The molecular weight excluding hydrogens is 264 g/mol. The van der Waals surface area contributed by atoms with Gasteiger partial charge in [0.25, 0.3) is 5.91 Å². The molecule has 1 amide bonds. The Balaban J connectivity index is 1.96. The van der Waals surface area contributed by atoms with Crippen LogP contribution in [0.15, 0.2) is 36.7 Å². The second-order valence-electron chi connectivity index (χ2n) is 4.89. The Morgan fingerprint density at radius 2 is 2.10 bits per heavy atom. The van der Waals surface area contributed by atoms with E-state index in [2.05, 4.69) is 27.5 Å². The zero-order valence-electron chi connectivity index (χ0n) is 12.4. The molecule has 5 heteroatoms. The molecule has 2 rings (SSSR count). The molecule has 2 aromatic rings. The van der Waals surface area contributed by atoms with Crippen LogP contribution in [0.1, 0.15) is 35.8 Å². The number of rotatable bonds is 6. The summed E-state index contributed by atoms with van der Waals surface area (Å²) in [4.78, 5) is 20.4. The van der Waals surface area contributed by atoms with Gasteiger partial charge >= 0.3 is 0 Å². The molecule has 0 aliphatic heterocycles. The van der Waals surface area contributed by atoms with E-state index in [0.717, 1.165) is 30.6 Å². The number of benzene rings is 1. The van der Waals surface area contributed by atoms with Gasteiger partial charge in [-0.2, -0.15) is 0 Å². The molecule has 0 fully saturated rings. The van der Waals surface area contributed by atoms with Crippen molar-refractivity contribution in [3.05, 3.63) is 47.9 Å². The number of carbonyl (C=O) groups is 1. The maximum atomic E-state index is 12.1. The van der Waals surface area contributed by atoms with Gasteiger partial charge < -0.3 is 10.6 Å². The Hall–Kier alpha value is -2.43. The normalized spacial score (nSPS) is 10.2. The van der Waals surface area contributed by atoms with Gasteiger partial charge in [-0.05, 0) is 31.0 Å². The van der Waals surface area contributed by atoms with E-state index >= 15 is 0 Å². The van der Waals surface area contributed by atoms with Gasteiger partial charge in [0.2, 0.25) is 0 Å². The van der Waals surface area contributed by atoms with E-state index in [9.17, 15) is 4.79 Å². The third-order valence-corrected chi connectivity index (χ3v) is 3.00. The fourth-order valence-electron chi connectivity index (χ4n) is 1.85. The predicted molar refractivity (Wildman–Crippen MR) is 84.6 cm³/mol. The van der Waals surface area contributed by atoms with Gasteiger partial charge in [0.1, 0.15) is 11.5 Å². The number of hydrogen-bond acceptors (Lipinski definition) is 4. The van der Waals surface area contributed by atoms with E-state index < -0.39 is 0 Å². The van der Waals surface area contributed by atoms with Crippen molar-refractivity contribution in [1.29, 1.82) is 0 Å². The first kappa shape index (κ1) is 15.0. The Kier molecular flexibility index (Phi) is 5.26. The SMILES string of the molecule is CCCCNc1cnc(C(=O)Nc2cccc(C)c2)cn1. The lowest BCUT2D eigenvalue weighted by Gasteiger charge is -2.07. The molecule has 0 atom stereocenters. The van der Waals surface area contributed by atoms with E-state index in [1.54, 1.807) is 6.20 Å². The van der Waals surface area contributed by atoms with Gasteiger partial charge in [0.15, 0.2) is 0 Å². The van der Waals surface area contributed by atoms with Crippen molar-refractivity contribution in [2.75, 3.05) is 17.2 Å². The average Bonchev–Trinajstić information content (AvgIpc) is 2.48. The average molecular weight is 284 g/mol. The van der Waals surface area contributed by atoms with Crippen molar-refractivity contribution < 1.29 is 4.79 Å². The number of anilines is 2. The number of aromatic nitrogens is 2. The Bertz CT molecular complexity index is 595. The standard InChI is InChI=1S/C16H20N4O/c1-3-4-8-17-15-11-18-14(10-19-15)16(21)20-13-7-5-6-12(2)9-13/h5-7,9-11H,3-4,8H2,1-2H3,(H,17,19)(H,20,21). The first-order valence-corrected chi connectivity index (χ1v) is 7.13. The molecule has 1 heterocycles. The summed E-state index contributed by atoms with van der Waals surface area (Å²) in [6, 6.07) is 7.63. The van der Waals surface area contributed by atoms with Gasteiger partial charge in [-0.3, -0.25) is 4.79 Å². The highest BCUT2D eigenvalue weighted by Crippen LogP contribution is 2.11. The molecule has 110 valence electrons. The van der Waals surface area contributed by atoms with Crippen LogP contribution in [0.25, 0.3) is 0 Å². The lowest BCUT2D eigenvalue weighted by molar-refractivity contribution is 0.102. The van der Waals surface area contributed by atoms with Crippen LogP contribution in [-0.4, -0.2) is 22.4 Å². The molecule has 0 unspecified atom stereocenters. The zero-order valence-corrected chi connectivity index (χ0v) is 12.4. The van der Waals surface area contributed by atoms with E-state index in [1.807, 2.05) is 31.2 Å². The highest BCUT2D eigenvalue weighted by atomic mass is 16.1. The van der Waals surface area contributed by atoms with Crippen LogP contribution >= 0.6 is 0 Å². The molecule has 0 radical (unpaired) electrons. The topological polar surface area (TPSA) is 66.9 Å². The van der Waals surface area contributed by atoms with E-state index in [4.69, 9.17) is 0 Å². The van der Waals surface area contributed by atoms with Gasteiger partial charge in [-0.25, -0.2) is 9.97 Å².